The monoisotopic (exact) mass is 277 g/mol. The van der Waals surface area contributed by atoms with E-state index in [0.717, 1.165) is 11.0 Å². The summed E-state index contributed by atoms with van der Waals surface area (Å²) in [5.74, 6) is 0.587. The second-order valence-corrected chi connectivity index (χ2v) is 5.37. The van der Waals surface area contributed by atoms with E-state index in [2.05, 4.69) is 25.4 Å². The summed E-state index contributed by atoms with van der Waals surface area (Å²) >= 11 is 0. The van der Waals surface area contributed by atoms with E-state index in [1.54, 1.807) is 25.2 Å². The maximum Gasteiger partial charge on any atom is 0.197 e. The number of hydrogen-bond donors (Lipinski definition) is 2. The standard InChI is InChI=1S/C10H11N7OS/c1-17-15-9(14-16-17)5-19(18)10-12-7-3-2-6(11)4-8(7)13-10/h2-4H,5,11H2,1H3,(H,12,13). The van der Waals surface area contributed by atoms with E-state index in [0.29, 0.717) is 16.7 Å². The number of rotatable bonds is 3. The van der Waals surface area contributed by atoms with E-state index in [-0.39, 0.29) is 5.75 Å². The first-order valence-corrected chi connectivity index (χ1v) is 6.80. The van der Waals surface area contributed by atoms with Gasteiger partial charge in [-0.15, -0.1) is 10.2 Å². The molecule has 0 bridgehead atoms. The average molecular weight is 277 g/mol. The molecule has 8 nitrogen and oxygen atoms in total. The Balaban J connectivity index is 1.89. The molecule has 0 saturated heterocycles. The van der Waals surface area contributed by atoms with Crippen molar-refractivity contribution >= 4 is 27.5 Å². The molecule has 0 aliphatic rings. The van der Waals surface area contributed by atoms with Gasteiger partial charge in [0.05, 0.1) is 34.6 Å². The van der Waals surface area contributed by atoms with Gasteiger partial charge in [-0.25, -0.2) is 4.98 Å². The summed E-state index contributed by atoms with van der Waals surface area (Å²) in [6.45, 7) is 0. The van der Waals surface area contributed by atoms with Crippen LogP contribution in [0.25, 0.3) is 11.0 Å². The van der Waals surface area contributed by atoms with Crippen LogP contribution in [0.1, 0.15) is 5.82 Å². The first-order valence-electron chi connectivity index (χ1n) is 5.48. The molecule has 2 heterocycles. The summed E-state index contributed by atoms with van der Waals surface area (Å²) in [4.78, 5) is 8.58. The highest BCUT2D eigenvalue weighted by Gasteiger charge is 2.13. The molecule has 0 aliphatic carbocycles. The average Bonchev–Trinajstić information content (AvgIpc) is 2.95. The number of aromatic nitrogens is 6. The van der Waals surface area contributed by atoms with Gasteiger partial charge in [-0.2, -0.15) is 4.80 Å². The fraction of sp³-hybridized carbons (Fsp3) is 0.200. The number of aryl methyl sites for hydroxylation is 1. The third-order valence-electron chi connectivity index (χ3n) is 2.51. The summed E-state index contributed by atoms with van der Waals surface area (Å²) in [5.41, 5.74) is 7.80. The highest BCUT2D eigenvalue weighted by atomic mass is 32.2. The van der Waals surface area contributed by atoms with E-state index < -0.39 is 10.8 Å². The van der Waals surface area contributed by atoms with E-state index in [1.807, 2.05) is 0 Å². The number of aromatic amines is 1. The number of benzene rings is 1. The highest BCUT2D eigenvalue weighted by molar-refractivity contribution is 7.84. The fourth-order valence-electron chi connectivity index (χ4n) is 1.68. The fourth-order valence-corrected chi connectivity index (χ4v) is 2.59. The van der Waals surface area contributed by atoms with Crippen molar-refractivity contribution in [1.29, 1.82) is 0 Å². The second kappa shape index (κ2) is 4.43. The van der Waals surface area contributed by atoms with Crippen molar-refractivity contribution in [3.8, 4) is 0 Å². The van der Waals surface area contributed by atoms with Crippen LogP contribution in [0.4, 0.5) is 5.69 Å². The number of nitrogen functional groups attached to an aromatic ring is 1. The SMILES string of the molecule is Cn1nnc(CS(=O)c2nc3ccc(N)cc3[nH]2)n1. The summed E-state index contributed by atoms with van der Waals surface area (Å²) in [5, 5.41) is 11.9. The quantitative estimate of drug-likeness (QED) is 0.650. The van der Waals surface area contributed by atoms with Crippen molar-refractivity contribution in [1.82, 2.24) is 30.2 Å². The van der Waals surface area contributed by atoms with Crippen molar-refractivity contribution in [2.45, 2.75) is 10.9 Å². The number of H-pyrrole nitrogens is 1. The number of nitrogens with one attached hydrogen (secondary N) is 1. The zero-order valence-electron chi connectivity index (χ0n) is 10.1. The minimum atomic E-state index is -1.35. The smallest absolute Gasteiger partial charge is 0.197 e. The third kappa shape index (κ3) is 2.32. The van der Waals surface area contributed by atoms with E-state index in [1.165, 1.54) is 4.80 Å². The van der Waals surface area contributed by atoms with Gasteiger partial charge in [0.15, 0.2) is 11.0 Å². The van der Waals surface area contributed by atoms with Gasteiger partial charge < -0.3 is 10.7 Å². The molecule has 3 N–H and O–H groups in total. The number of imidazole rings is 1. The summed E-state index contributed by atoms with van der Waals surface area (Å²) in [7, 11) is 0.310. The molecule has 9 heteroatoms. The lowest BCUT2D eigenvalue weighted by atomic mass is 10.3. The molecule has 0 saturated carbocycles. The Labute approximate surface area is 110 Å². The van der Waals surface area contributed by atoms with Crippen LogP contribution in [0.3, 0.4) is 0 Å². The van der Waals surface area contributed by atoms with E-state index in [4.69, 9.17) is 5.73 Å². The van der Waals surface area contributed by atoms with E-state index >= 15 is 0 Å². The van der Waals surface area contributed by atoms with Crippen molar-refractivity contribution in [2.75, 3.05) is 5.73 Å². The molecule has 2 aromatic heterocycles. The summed E-state index contributed by atoms with van der Waals surface area (Å²) in [6, 6.07) is 5.28. The zero-order valence-corrected chi connectivity index (χ0v) is 10.9. The molecule has 3 rings (SSSR count). The molecule has 0 fully saturated rings. The first-order chi connectivity index (χ1) is 9.11. The molecule has 1 unspecified atom stereocenters. The Kier molecular flexibility index (Phi) is 2.75. The lowest BCUT2D eigenvalue weighted by molar-refractivity contribution is 0.628. The molecule has 19 heavy (non-hydrogen) atoms. The molecule has 3 aromatic rings. The first kappa shape index (κ1) is 11.8. The molecule has 98 valence electrons. The lowest BCUT2D eigenvalue weighted by Gasteiger charge is -1.92. The maximum atomic E-state index is 12.1. The third-order valence-corrected chi connectivity index (χ3v) is 3.65. The predicted molar refractivity (Wildman–Crippen MR) is 69.4 cm³/mol. The van der Waals surface area contributed by atoms with Crippen molar-refractivity contribution in [2.24, 2.45) is 7.05 Å². The van der Waals surface area contributed by atoms with Crippen molar-refractivity contribution in [3.63, 3.8) is 0 Å². The number of anilines is 1. The van der Waals surface area contributed by atoms with Gasteiger partial charge in [-0.3, -0.25) is 4.21 Å². The minimum Gasteiger partial charge on any atom is -0.399 e. The maximum absolute atomic E-state index is 12.1. The summed E-state index contributed by atoms with van der Waals surface area (Å²) in [6.07, 6.45) is 0. The zero-order chi connectivity index (χ0) is 13.4. The Bertz CT molecular complexity index is 762. The number of nitrogens with two attached hydrogens (primary N) is 1. The van der Waals surface area contributed by atoms with Crippen LogP contribution in [0.5, 0.6) is 0 Å². The molecular weight excluding hydrogens is 266 g/mol. The Hall–Kier alpha value is -2.29. The van der Waals surface area contributed by atoms with Crippen molar-refractivity contribution in [3.05, 3.63) is 24.0 Å². The second-order valence-electron chi connectivity index (χ2n) is 4.00. The lowest BCUT2D eigenvalue weighted by Crippen LogP contribution is -2.01. The van der Waals surface area contributed by atoms with Crippen LogP contribution in [0, 0.1) is 0 Å². The van der Waals surface area contributed by atoms with Gasteiger partial charge in [0.25, 0.3) is 0 Å². The Morgan fingerprint density at radius 2 is 2.32 bits per heavy atom. The highest BCUT2D eigenvalue weighted by Crippen LogP contribution is 2.17. The molecule has 0 spiro atoms. The summed E-state index contributed by atoms with van der Waals surface area (Å²) < 4.78 is 12.1. The van der Waals surface area contributed by atoms with Crippen LogP contribution >= 0.6 is 0 Å². The largest absolute Gasteiger partial charge is 0.399 e. The van der Waals surface area contributed by atoms with Crippen LogP contribution in [0.2, 0.25) is 0 Å². The molecule has 1 atom stereocenters. The Morgan fingerprint density at radius 1 is 1.47 bits per heavy atom. The van der Waals surface area contributed by atoms with Crippen LogP contribution in [-0.2, 0) is 23.6 Å². The van der Waals surface area contributed by atoms with Crippen LogP contribution in [-0.4, -0.2) is 34.4 Å². The van der Waals surface area contributed by atoms with Gasteiger partial charge in [0, 0.05) is 5.69 Å². The van der Waals surface area contributed by atoms with Gasteiger partial charge in [-0.05, 0) is 23.4 Å². The topological polar surface area (TPSA) is 115 Å². The molecular formula is C10H11N7OS. The number of fused-ring (bicyclic) bond motifs is 1. The van der Waals surface area contributed by atoms with Crippen molar-refractivity contribution < 1.29 is 4.21 Å². The molecule has 0 radical (unpaired) electrons. The number of tetrazole rings is 1. The van der Waals surface area contributed by atoms with Gasteiger partial charge in [0.1, 0.15) is 0 Å². The van der Waals surface area contributed by atoms with Gasteiger partial charge >= 0.3 is 0 Å². The Morgan fingerprint density at radius 3 is 3.05 bits per heavy atom. The molecule has 1 aromatic carbocycles. The van der Waals surface area contributed by atoms with E-state index in [9.17, 15) is 4.21 Å². The number of nitrogens with zero attached hydrogens (tertiary/aromatic N) is 5. The van der Waals surface area contributed by atoms with Gasteiger partial charge in [0.2, 0.25) is 0 Å². The normalized spacial score (nSPS) is 12.9. The minimum absolute atomic E-state index is 0.170. The van der Waals surface area contributed by atoms with Crippen LogP contribution in [0.15, 0.2) is 23.4 Å². The molecule has 0 aliphatic heterocycles. The number of hydrogen-bond acceptors (Lipinski definition) is 6. The van der Waals surface area contributed by atoms with Gasteiger partial charge in [-0.1, -0.05) is 0 Å². The van der Waals surface area contributed by atoms with Crippen LogP contribution < -0.4 is 5.73 Å². The predicted octanol–water partition coefficient (Wildman–Crippen LogP) is -0.0236. The molecule has 0 amide bonds.